The molecule has 23 heavy (non-hydrogen) atoms. The number of aromatic nitrogens is 2. The molecule has 126 valence electrons. The Morgan fingerprint density at radius 2 is 2.17 bits per heavy atom. The van der Waals surface area contributed by atoms with Crippen LogP contribution in [-0.2, 0) is 11.3 Å². The summed E-state index contributed by atoms with van der Waals surface area (Å²) in [6.07, 6.45) is 4.06. The van der Waals surface area contributed by atoms with E-state index in [1.54, 1.807) is 13.8 Å². The molecule has 0 bridgehead atoms. The Morgan fingerprint density at radius 3 is 2.78 bits per heavy atom. The lowest BCUT2D eigenvalue weighted by Gasteiger charge is -2.30. The van der Waals surface area contributed by atoms with E-state index in [9.17, 15) is 9.59 Å². The molecule has 0 spiro atoms. The van der Waals surface area contributed by atoms with Gasteiger partial charge in [0.05, 0.1) is 12.6 Å². The highest BCUT2D eigenvalue weighted by atomic mass is 16.5. The third-order valence-electron chi connectivity index (χ3n) is 4.40. The van der Waals surface area contributed by atoms with Crippen molar-refractivity contribution < 1.29 is 14.1 Å². The lowest BCUT2D eigenvalue weighted by atomic mass is 10.2. The van der Waals surface area contributed by atoms with Gasteiger partial charge in [0.1, 0.15) is 0 Å². The molecule has 1 atom stereocenters. The largest absolute Gasteiger partial charge is 0.340 e. The first kappa shape index (κ1) is 15.8. The van der Waals surface area contributed by atoms with Crippen molar-refractivity contribution in [1.82, 2.24) is 25.3 Å². The molecular formula is C15H23N5O3. The molecule has 1 aromatic heterocycles. The van der Waals surface area contributed by atoms with Gasteiger partial charge in [0.2, 0.25) is 11.8 Å². The molecule has 0 unspecified atom stereocenters. The summed E-state index contributed by atoms with van der Waals surface area (Å²) in [5.41, 5.74) is 0. The second kappa shape index (κ2) is 6.55. The van der Waals surface area contributed by atoms with E-state index in [-0.39, 0.29) is 24.5 Å². The van der Waals surface area contributed by atoms with E-state index in [0.29, 0.717) is 24.3 Å². The highest BCUT2D eigenvalue weighted by Crippen LogP contribution is 2.29. The molecule has 2 fully saturated rings. The number of nitrogens with one attached hydrogen (secondary N) is 1. The van der Waals surface area contributed by atoms with Crippen LogP contribution in [0.4, 0.5) is 4.79 Å². The highest BCUT2D eigenvalue weighted by molar-refractivity contribution is 5.76. The van der Waals surface area contributed by atoms with E-state index >= 15 is 0 Å². The molecule has 8 heteroatoms. The third-order valence-corrected chi connectivity index (χ3v) is 4.40. The minimum Gasteiger partial charge on any atom is -0.340 e. The van der Waals surface area contributed by atoms with E-state index < -0.39 is 0 Å². The number of carbonyl (C=O) groups excluding carboxylic acids is 2. The first-order chi connectivity index (χ1) is 11.0. The van der Waals surface area contributed by atoms with Gasteiger partial charge in [0.25, 0.3) is 0 Å². The van der Waals surface area contributed by atoms with Gasteiger partial charge in [-0.1, -0.05) is 5.16 Å². The van der Waals surface area contributed by atoms with Crippen LogP contribution in [0, 0.1) is 6.92 Å². The predicted molar refractivity (Wildman–Crippen MR) is 81.4 cm³/mol. The SMILES string of the molecule is CC(=O)N(C[C@H]1CCCN1C(=O)NCc1noc(C)n1)C1CC1. The summed E-state index contributed by atoms with van der Waals surface area (Å²) in [4.78, 5) is 32.0. The average Bonchev–Trinajstić information content (AvgIpc) is 3.09. The van der Waals surface area contributed by atoms with Gasteiger partial charge in [-0.25, -0.2) is 4.79 Å². The third kappa shape index (κ3) is 3.80. The lowest BCUT2D eigenvalue weighted by Crippen LogP contribution is -2.48. The summed E-state index contributed by atoms with van der Waals surface area (Å²) in [5, 5.41) is 6.59. The fourth-order valence-electron chi connectivity index (χ4n) is 3.11. The summed E-state index contributed by atoms with van der Waals surface area (Å²) >= 11 is 0. The van der Waals surface area contributed by atoms with Crippen molar-refractivity contribution in [3.8, 4) is 0 Å². The van der Waals surface area contributed by atoms with Crippen molar-refractivity contribution in [2.24, 2.45) is 0 Å². The number of hydrogen-bond acceptors (Lipinski definition) is 5. The van der Waals surface area contributed by atoms with Crippen molar-refractivity contribution in [3.63, 3.8) is 0 Å². The zero-order valence-electron chi connectivity index (χ0n) is 13.6. The van der Waals surface area contributed by atoms with Gasteiger partial charge >= 0.3 is 6.03 Å². The average molecular weight is 321 g/mol. The molecule has 0 aromatic carbocycles. The number of carbonyl (C=O) groups is 2. The zero-order chi connectivity index (χ0) is 16.4. The van der Waals surface area contributed by atoms with Crippen LogP contribution in [0.15, 0.2) is 4.52 Å². The summed E-state index contributed by atoms with van der Waals surface area (Å²) in [6.45, 7) is 4.92. The lowest BCUT2D eigenvalue weighted by molar-refractivity contribution is -0.130. The minimum atomic E-state index is -0.130. The monoisotopic (exact) mass is 321 g/mol. The van der Waals surface area contributed by atoms with Crippen LogP contribution in [0.2, 0.25) is 0 Å². The van der Waals surface area contributed by atoms with Crippen LogP contribution < -0.4 is 5.32 Å². The Balaban J connectivity index is 1.54. The van der Waals surface area contributed by atoms with E-state index in [1.807, 2.05) is 9.80 Å². The number of rotatable bonds is 5. The fourth-order valence-corrected chi connectivity index (χ4v) is 3.11. The van der Waals surface area contributed by atoms with Crippen LogP contribution >= 0.6 is 0 Å². The van der Waals surface area contributed by atoms with Crippen LogP contribution in [0.25, 0.3) is 0 Å². The van der Waals surface area contributed by atoms with E-state index in [0.717, 1.165) is 32.2 Å². The van der Waals surface area contributed by atoms with Gasteiger partial charge in [-0.3, -0.25) is 4.79 Å². The normalized spacial score (nSPS) is 20.6. The Hall–Kier alpha value is -2.12. The summed E-state index contributed by atoms with van der Waals surface area (Å²) < 4.78 is 4.89. The molecule has 1 N–H and O–H groups in total. The molecular weight excluding hydrogens is 298 g/mol. The molecule has 3 rings (SSSR count). The highest BCUT2D eigenvalue weighted by Gasteiger charge is 2.36. The Labute approximate surface area is 135 Å². The van der Waals surface area contributed by atoms with Crippen LogP contribution in [0.1, 0.15) is 44.3 Å². The van der Waals surface area contributed by atoms with Gasteiger partial charge < -0.3 is 19.6 Å². The molecule has 1 aliphatic carbocycles. The number of hydrogen-bond donors (Lipinski definition) is 1. The minimum absolute atomic E-state index is 0.0894. The molecule has 2 aliphatic rings. The van der Waals surface area contributed by atoms with Crippen molar-refractivity contribution >= 4 is 11.9 Å². The molecule has 1 saturated carbocycles. The number of urea groups is 1. The zero-order valence-corrected chi connectivity index (χ0v) is 13.6. The summed E-state index contributed by atoms with van der Waals surface area (Å²) in [6, 6.07) is 0.334. The van der Waals surface area contributed by atoms with Crippen molar-refractivity contribution in [3.05, 3.63) is 11.7 Å². The van der Waals surface area contributed by atoms with E-state index in [1.165, 1.54) is 0 Å². The Morgan fingerprint density at radius 1 is 1.39 bits per heavy atom. The first-order valence-electron chi connectivity index (χ1n) is 8.15. The van der Waals surface area contributed by atoms with Gasteiger partial charge in [-0.05, 0) is 25.7 Å². The van der Waals surface area contributed by atoms with Crippen molar-refractivity contribution in [1.29, 1.82) is 0 Å². The Kier molecular flexibility index (Phi) is 4.49. The number of nitrogens with zero attached hydrogens (tertiary/aromatic N) is 4. The molecule has 2 heterocycles. The van der Waals surface area contributed by atoms with Crippen molar-refractivity contribution in [2.75, 3.05) is 13.1 Å². The number of likely N-dealkylation sites (tertiary alicyclic amines) is 1. The molecule has 3 amide bonds. The van der Waals surface area contributed by atoms with Crippen LogP contribution in [0.3, 0.4) is 0 Å². The van der Waals surface area contributed by atoms with Gasteiger partial charge in [0.15, 0.2) is 5.82 Å². The Bertz CT molecular complexity index is 583. The molecule has 1 aliphatic heterocycles. The summed E-state index contributed by atoms with van der Waals surface area (Å²) in [7, 11) is 0. The molecule has 1 saturated heterocycles. The smallest absolute Gasteiger partial charge is 0.318 e. The maximum atomic E-state index is 12.4. The second-order valence-corrected chi connectivity index (χ2v) is 6.28. The predicted octanol–water partition coefficient (Wildman–Crippen LogP) is 1.06. The van der Waals surface area contributed by atoms with Gasteiger partial charge in [-0.15, -0.1) is 0 Å². The number of amides is 3. The topological polar surface area (TPSA) is 91.6 Å². The van der Waals surface area contributed by atoms with Gasteiger partial charge in [0, 0.05) is 33.0 Å². The standard InChI is InChI=1S/C15H23N5O3/c1-10-17-14(18-23-10)8-16-15(22)19-7-3-4-13(19)9-20(11(2)21)12-5-6-12/h12-13H,3-9H2,1-2H3,(H,16,22)/t13-/m1/s1. The molecule has 1 aromatic rings. The molecule has 8 nitrogen and oxygen atoms in total. The van der Waals surface area contributed by atoms with Crippen LogP contribution in [-0.4, -0.2) is 57.1 Å². The summed E-state index contributed by atoms with van der Waals surface area (Å²) in [5.74, 6) is 1.05. The maximum Gasteiger partial charge on any atom is 0.318 e. The first-order valence-corrected chi connectivity index (χ1v) is 8.15. The molecule has 0 radical (unpaired) electrons. The van der Waals surface area contributed by atoms with E-state index in [4.69, 9.17) is 4.52 Å². The number of aryl methyl sites for hydroxylation is 1. The quantitative estimate of drug-likeness (QED) is 0.875. The van der Waals surface area contributed by atoms with Crippen molar-refractivity contribution in [2.45, 2.75) is 58.2 Å². The van der Waals surface area contributed by atoms with Gasteiger partial charge in [-0.2, -0.15) is 4.98 Å². The van der Waals surface area contributed by atoms with Crippen LogP contribution in [0.5, 0.6) is 0 Å². The van der Waals surface area contributed by atoms with E-state index in [2.05, 4.69) is 15.5 Å². The maximum absolute atomic E-state index is 12.4. The second-order valence-electron chi connectivity index (χ2n) is 6.28. The fraction of sp³-hybridized carbons (Fsp3) is 0.733.